The second-order valence-electron chi connectivity index (χ2n) is 10.1. The second kappa shape index (κ2) is 9.24. The zero-order chi connectivity index (χ0) is 23.7. The van der Waals surface area contributed by atoms with Gasteiger partial charge in [0.2, 0.25) is 0 Å². The molecule has 32 heavy (non-hydrogen) atoms. The van der Waals surface area contributed by atoms with Crippen LogP contribution in [0.5, 0.6) is 5.75 Å². The summed E-state index contributed by atoms with van der Waals surface area (Å²) in [6.45, 7) is 13.6. The average Bonchev–Trinajstić information content (AvgIpc) is 3.35. The third-order valence-corrected chi connectivity index (χ3v) is 7.07. The number of hydrogen-bond acceptors (Lipinski definition) is 6. The number of carboxylic acids is 1. The Morgan fingerprint density at radius 3 is 2.19 bits per heavy atom. The standard InChI is InChI=1S/C25H32N2O3S2/c1-24(2,3)18-12-16(13-19(22(18)30)25(4,5)6)20-15-32-23(26-20)27(10-9-21(28)29)14-17-8-7-11-31-17/h7-8,11-13,15,30H,9-10,14H2,1-6H3,(H,28,29). The minimum absolute atomic E-state index is 0.0574. The molecule has 0 aliphatic carbocycles. The molecule has 0 spiro atoms. The molecule has 3 aromatic rings. The molecule has 5 nitrogen and oxygen atoms in total. The van der Waals surface area contributed by atoms with E-state index in [0.717, 1.165) is 27.5 Å². The third-order valence-electron chi connectivity index (χ3n) is 5.31. The van der Waals surface area contributed by atoms with Gasteiger partial charge in [0.25, 0.3) is 0 Å². The Balaban J connectivity index is 2.02. The molecule has 7 heteroatoms. The molecule has 172 valence electrons. The van der Waals surface area contributed by atoms with Crippen LogP contribution in [0.2, 0.25) is 0 Å². The first-order valence-electron chi connectivity index (χ1n) is 10.7. The number of benzene rings is 1. The molecule has 0 unspecified atom stereocenters. The molecule has 0 saturated carbocycles. The van der Waals surface area contributed by atoms with Gasteiger partial charge in [0.1, 0.15) is 5.75 Å². The SMILES string of the molecule is CC(C)(C)c1cc(-c2csc(N(CCC(=O)O)Cc3cccs3)n2)cc(C(C)(C)C)c1O. The molecule has 2 aromatic heterocycles. The van der Waals surface area contributed by atoms with Crippen LogP contribution in [0.25, 0.3) is 11.3 Å². The fourth-order valence-corrected chi connectivity index (χ4v) is 5.11. The summed E-state index contributed by atoms with van der Waals surface area (Å²) in [4.78, 5) is 19.3. The summed E-state index contributed by atoms with van der Waals surface area (Å²) >= 11 is 3.18. The number of thiophene rings is 1. The van der Waals surface area contributed by atoms with E-state index in [-0.39, 0.29) is 17.3 Å². The highest BCUT2D eigenvalue weighted by Gasteiger charge is 2.27. The third kappa shape index (κ3) is 5.70. The number of phenolic OH excluding ortho intramolecular Hbond substituents is 1. The molecule has 0 fully saturated rings. The Hall–Kier alpha value is -2.38. The molecule has 3 rings (SSSR count). The lowest BCUT2D eigenvalue weighted by Crippen LogP contribution is -2.25. The van der Waals surface area contributed by atoms with E-state index in [1.807, 2.05) is 33.9 Å². The minimum Gasteiger partial charge on any atom is -0.507 e. The maximum absolute atomic E-state index is 11.2. The Morgan fingerprint density at radius 1 is 1.06 bits per heavy atom. The molecule has 1 aromatic carbocycles. The summed E-state index contributed by atoms with van der Waals surface area (Å²) in [5.41, 5.74) is 3.17. The fraction of sp³-hybridized carbons (Fsp3) is 0.440. The van der Waals surface area contributed by atoms with Crippen LogP contribution < -0.4 is 4.90 Å². The number of carbonyl (C=O) groups is 1. The number of phenols is 1. The molecule has 2 N–H and O–H groups in total. The summed E-state index contributed by atoms with van der Waals surface area (Å²) in [7, 11) is 0. The van der Waals surface area contributed by atoms with E-state index in [9.17, 15) is 15.0 Å². The van der Waals surface area contributed by atoms with E-state index in [2.05, 4.69) is 47.6 Å². The number of nitrogens with zero attached hydrogens (tertiary/aromatic N) is 2. The fourth-order valence-electron chi connectivity index (χ4n) is 3.53. The van der Waals surface area contributed by atoms with Gasteiger partial charge < -0.3 is 15.1 Å². The number of hydrogen-bond donors (Lipinski definition) is 2. The molecule has 0 aliphatic rings. The van der Waals surface area contributed by atoms with Crippen LogP contribution in [-0.4, -0.2) is 27.7 Å². The number of aromatic hydroxyl groups is 1. The van der Waals surface area contributed by atoms with Gasteiger partial charge >= 0.3 is 5.97 Å². The van der Waals surface area contributed by atoms with Crippen molar-refractivity contribution < 1.29 is 15.0 Å². The van der Waals surface area contributed by atoms with Gasteiger partial charge in [-0.15, -0.1) is 22.7 Å². The Morgan fingerprint density at radius 2 is 1.69 bits per heavy atom. The zero-order valence-corrected chi connectivity index (χ0v) is 21.2. The molecule has 0 amide bonds. The molecule has 0 saturated heterocycles. The van der Waals surface area contributed by atoms with Crippen LogP contribution >= 0.6 is 22.7 Å². The Kier molecular flexibility index (Phi) is 7.00. The number of aliphatic carboxylic acids is 1. The highest BCUT2D eigenvalue weighted by Crippen LogP contribution is 2.42. The number of rotatable bonds is 7. The van der Waals surface area contributed by atoms with E-state index in [1.54, 1.807) is 11.3 Å². The van der Waals surface area contributed by atoms with Crippen LogP contribution in [0.15, 0.2) is 35.0 Å². The van der Waals surface area contributed by atoms with E-state index < -0.39 is 5.97 Å². The quantitative estimate of drug-likeness (QED) is 0.402. The minimum atomic E-state index is -0.818. The van der Waals surface area contributed by atoms with Crippen LogP contribution in [0.3, 0.4) is 0 Å². The largest absolute Gasteiger partial charge is 0.507 e. The van der Waals surface area contributed by atoms with Crippen LogP contribution in [0.4, 0.5) is 5.13 Å². The lowest BCUT2D eigenvalue weighted by Gasteiger charge is -2.28. The van der Waals surface area contributed by atoms with E-state index in [1.165, 1.54) is 16.2 Å². The predicted octanol–water partition coefficient (Wildman–Crippen LogP) is 6.65. The summed E-state index contributed by atoms with van der Waals surface area (Å²) in [6, 6.07) is 8.12. The van der Waals surface area contributed by atoms with Crippen molar-refractivity contribution in [2.24, 2.45) is 0 Å². The molecular weight excluding hydrogens is 440 g/mol. The maximum Gasteiger partial charge on any atom is 0.305 e. The van der Waals surface area contributed by atoms with E-state index in [0.29, 0.717) is 18.8 Å². The topological polar surface area (TPSA) is 73.7 Å². The van der Waals surface area contributed by atoms with E-state index >= 15 is 0 Å². The van der Waals surface area contributed by atoms with Crippen LogP contribution in [0, 0.1) is 0 Å². The van der Waals surface area contributed by atoms with Gasteiger partial charge in [-0.25, -0.2) is 4.98 Å². The number of anilines is 1. The second-order valence-corrected chi connectivity index (χ2v) is 11.9. The highest BCUT2D eigenvalue weighted by atomic mass is 32.1. The average molecular weight is 473 g/mol. The van der Waals surface area contributed by atoms with Crippen molar-refractivity contribution in [2.45, 2.75) is 65.3 Å². The number of carboxylic acid groups (broad SMARTS) is 1. The summed E-state index contributed by atoms with van der Waals surface area (Å²) in [6.07, 6.45) is 0.0574. The summed E-state index contributed by atoms with van der Waals surface area (Å²) in [5.74, 6) is -0.467. The number of aromatic nitrogens is 1. The van der Waals surface area contributed by atoms with Gasteiger partial charge in [-0.2, -0.15) is 0 Å². The predicted molar refractivity (Wildman–Crippen MR) is 134 cm³/mol. The lowest BCUT2D eigenvalue weighted by atomic mass is 9.78. The van der Waals surface area contributed by atoms with Gasteiger partial charge in [-0.1, -0.05) is 47.6 Å². The van der Waals surface area contributed by atoms with Gasteiger partial charge in [0.05, 0.1) is 18.7 Å². The molecular formula is C25H32N2O3S2. The van der Waals surface area contributed by atoms with Crippen molar-refractivity contribution in [3.8, 4) is 17.0 Å². The van der Waals surface area contributed by atoms with E-state index in [4.69, 9.17) is 4.98 Å². The smallest absolute Gasteiger partial charge is 0.305 e. The first kappa shape index (κ1) is 24.3. The van der Waals surface area contributed by atoms with Crippen molar-refractivity contribution in [1.82, 2.24) is 4.98 Å². The monoisotopic (exact) mass is 472 g/mol. The zero-order valence-electron chi connectivity index (χ0n) is 19.6. The Bertz CT molecular complexity index is 1040. The normalized spacial score (nSPS) is 12.2. The van der Waals surface area contributed by atoms with Crippen LogP contribution in [-0.2, 0) is 22.2 Å². The van der Waals surface area contributed by atoms with Crippen molar-refractivity contribution >= 4 is 33.8 Å². The summed E-state index contributed by atoms with van der Waals surface area (Å²) < 4.78 is 0. The van der Waals surface area contributed by atoms with Gasteiger partial charge in [-0.3, -0.25) is 4.79 Å². The van der Waals surface area contributed by atoms with Gasteiger partial charge in [0.15, 0.2) is 5.13 Å². The van der Waals surface area contributed by atoms with Gasteiger partial charge in [0, 0.05) is 33.5 Å². The molecule has 0 aliphatic heterocycles. The number of thiazole rings is 1. The Labute approximate surface area is 198 Å². The van der Waals surface area contributed by atoms with Crippen molar-refractivity contribution in [1.29, 1.82) is 0 Å². The first-order chi connectivity index (χ1) is 14.9. The van der Waals surface area contributed by atoms with Gasteiger partial charge in [-0.05, 0) is 34.4 Å². The molecule has 2 heterocycles. The van der Waals surface area contributed by atoms with Crippen molar-refractivity contribution in [3.63, 3.8) is 0 Å². The molecule has 0 radical (unpaired) electrons. The van der Waals surface area contributed by atoms with Crippen LogP contribution in [0.1, 0.15) is 64.0 Å². The highest BCUT2D eigenvalue weighted by molar-refractivity contribution is 7.14. The summed E-state index contributed by atoms with van der Waals surface area (Å²) in [5, 5.41) is 25.0. The van der Waals surface area contributed by atoms with Crippen molar-refractivity contribution in [2.75, 3.05) is 11.4 Å². The molecule has 0 bridgehead atoms. The van der Waals surface area contributed by atoms with Crippen molar-refractivity contribution in [3.05, 3.63) is 51.0 Å². The lowest BCUT2D eigenvalue weighted by molar-refractivity contribution is -0.136. The molecule has 0 atom stereocenters. The first-order valence-corrected chi connectivity index (χ1v) is 12.4. The maximum atomic E-state index is 11.2.